The number of benzene rings is 3. The molecule has 39 heavy (non-hydrogen) atoms. The third kappa shape index (κ3) is 5.34. The Labute approximate surface area is 227 Å². The predicted octanol–water partition coefficient (Wildman–Crippen LogP) is 4.88. The highest BCUT2D eigenvalue weighted by Crippen LogP contribution is 2.31. The van der Waals surface area contributed by atoms with E-state index >= 15 is 0 Å². The number of fused-ring (bicyclic) bond motifs is 2. The van der Waals surface area contributed by atoms with Crippen molar-refractivity contribution in [3.05, 3.63) is 95.9 Å². The summed E-state index contributed by atoms with van der Waals surface area (Å²) in [6.07, 6.45) is 6.95. The number of nitrogens with two attached hydrogens (primary N) is 2. The van der Waals surface area contributed by atoms with Gasteiger partial charge in [0.05, 0.1) is 0 Å². The highest BCUT2D eigenvalue weighted by atomic mass is 16.5. The second-order valence-electron chi connectivity index (χ2n) is 10.2. The highest BCUT2D eigenvalue weighted by molar-refractivity contribution is 5.99. The van der Waals surface area contributed by atoms with Crippen LogP contribution in [0.15, 0.2) is 79.1 Å². The number of rotatable bonds is 7. The van der Waals surface area contributed by atoms with Gasteiger partial charge in [0.1, 0.15) is 11.4 Å². The molecule has 1 amide bonds. The fraction of sp³-hybridized carbons (Fsp3) is 0.258. The fourth-order valence-electron chi connectivity index (χ4n) is 5.47. The van der Waals surface area contributed by atoms with Crippen molar-refractivity contribution in [1.82, 2.24) is 19.9 Å². The summed E-state index contributed by atoms with van der Waals surface area (Å²) in [6, 6.07) is 22.6. The maximum atomic E-state index is 13.7. The number of hydrogen-bond acceptors (Lipinski definition) is 6. The second-order valence-corrected chi connectivity index (χ2v) is 10.2. The van der Waals surface area contributed by atoms with Crippen LogP contribution in [0.3, 0.4) is 0 Å². The Bertz CT molecular complexity index is 1620. The van der Waals surface area contributed by atoms with Crippen LogP contribution in [0.4, 0.5) is 0 Å². The van der Waals surface area contributed by atoms with Gasteiger partial charge in [0.2, 0.25) is 0 Å². The van der Waals surface area contributed by atoms with Crippen LogP contribution in [0.2, 0.25) is 0 Å². The van der Waals surface area contributed by atoms with Gasteiger partial charge in [-0.2, -0.15) is 0 Å². The van der Waals surface area contributed by atoms with E-state index in [1.54, 1.807) is 18.5 Å². The monoisotopic (exact) mass is 520 g/mol. The van der Waals surface area contributed by atoms with Crippen LogP contribution < -0.4 is 21.5 Å². The van der Waals surface area contributed by atoms with Crippen molar-refractivity contribution >= 4 is 27.6 Å². The van der Waals surface area contributed by atoms with E-state index in [4.69, 9.17) is 16.2 Å². The van der Waals surface area contributed by atoms with Crippen LogP contribution >= 0.6 is 0 Å². The average molecular weight is 521 g/mol. The first-order valence-corrected chi connectivity index (χ1v) is 13.4. The summed E-state index contributed by atoms with van der Waals surface area (Å²) in [4.78, 5) is 22.1. The zero-order valence-corrected chi connectivity index (χ0v) is 21.7. The van der Waals surface area contributed by atoms with Gasteiger partial charge in [-0.05, 0) is 77.9 Å². The summed E-state index contributed by atoms with van der Waals surface area (Å²) in [5, 5.41) is 6.39. The number of carbonyl (C=O) groups excluding carboxylic acids is 1. The molecule has 8 nitrogen and oxygen atoms in total. The lowest BCUT2D eigenvalue weighted by molar-refractivity contribution is 0.0917. The van der Waals surface area contributed by atoms with Gasteiger partial charge < -0.3 is 26.1 Å². The molecule has 198 valence electrons. The van der Waals surface area contributed by atoms with E-state index in [1.165, 1.54) is 0 Å². The maximum Gasteiger partial charge on any atom is 0.321 e. The second kappa shape index (κ2) is 10.8. The Balaban J connectivity index is 1.41. The van der Waals surface area contributed by atoms with Crippen molar-refractivity contribution in [3.63, 3.8) is 0 Å². The lowest BCUT2D eigenvalue weighted by Crippen LogP contribution is -2.41. The molecule has 6 rings (SSSR count). The molecule has 8 heteroatoms. The van der Waals surface area contributed by atoms with E-state index in [1.807, 2.05) is 42.5 Å². The molecule has 3 aromatic carbocycles. The third-order valence-electron chi connectivity index (χ3n) is 7.54. The molecule has 0 saturated heterocycles. The summed E-state index contributed by atoms with van der Waals surface area (Å²) in [7, 11) is 0. The first-order valence-electron chi connectivity index (χ1n) is 13.4. The van der Waals surface area contributed by atoms with E-state index < -0.39 is 0 Å². The maximum absolute atomic E-state index is 13.7. The molecule has 0 atom stereocenters. The molecule has 1 aliphatic rings. The van der Waals surface area contributed by atoms with Crippen LogP contribution in [0, 0.1) is 0 Å². The normalized spacial score (nSPS) is 17.4. The molecule has 0 unspecified atom stereocenters. The molecule has 5 aromatic rings. The van der Waals surface area contributed by atoms with E-state index in [-0.39, 0.29) is 24.0 Å². The number of ether oxygens (including phenoxy) is 1. The van der Waals surface area contributed by atoms with E-state index in [2.05, 4.69) is 38.1 Å². The van der Waals surface area contributed by atoms with Gasteiger partial charge in [-0.25, -0.2) is 9.97 Å². The van der Waals surface area contributed by atoms with Crippen molar-refractivity contribution in [2.75, 3.05) is 0 Å². The molecule has 0 bridgehead atoms. The lowest BCUT2D eigenvalue weighted by atomic mass is 9.92. The van der Waals surface area contributed by atoms with Crippen LogP contribution in [-0.2, 0) is 13.1 Å². The minimum absolute atomic E-state index is 0.0737. The van der Waals surface area contributed by atoms with Gasteiger partial charge in [-0.15, -0.1) is 0 Å². The van der Waals surface area contributed by atoms with Gasteiger partial charge in [0, 0.05) is 48.5 Å². The Morgan fingerprint density at radius 2 is 1.74 bits per heavy atom. The van der Waals surface area contributed by atoms with Crippen molar-refractivity contribution in [2.45, 2.75) is 50.9 Å². The quantitative estimate of drug-likeness (QED) is 0.281. The molecule has 2 aromatic heterocycles. The Morgan fingerprint density at radius 3 is 2.54 bits per heavy atom. The summed E-state index contributed by atoms with van der Waals surface area (Å²) in [5.41, 5.74) is 15.7. The molecule has 1 aliphatic carbocycles. The van der Waals surface area contributed by atoms with E-state index in [9.17, 15) is 4.79 Å². The minimum Gasteiger partial charge on any atom is -0.424 e. The summed E-state index contributed by atoms with van der Waals surface area (Å²) in [5.74, 6) is 0.564. The van der Waals surface area contributed by atoms with Crippen molar-refractivity contribution in [1.29, 1.82) is 0 Å². The highest BCUT2D eigenvalue weighted by Gasteiger charge is 2.23. The molecule has 0 radical (unpaired) electrons. The van der Waals surface area contributed by atoms with Gasteiger partial charge >= 0.3 is 6.01 Å². The van der Waals surface area contributed by atoms with Crippen LogP contribution in [0.5, 0.6) is 11.8 Å². The zero-order chi connectivity index (χ0) is 26.8. The van der Waals surface area contributed by atoms with Crippen LogP contribution in [0.1, 0.15) is 47.3 Å². The van der Waals surface area contributed by atoms with Gasteiger partial charge in [-0.3, -0.25) is 4.79 Å². The molecular weight excluding hydrogens is 488 g/mol. The Hall–Kier alpha value is -4.27. The average Bonchev–Trinajstić information content (AvgIpc) is 3.32. The lowest BCUT2D eigenvalue weighted by Gasteiger charge is -2.27. The third-order valence-corrected chi connectivity index (χ3v) is 7.54. The van der Waals surface area contributed by atoms with E-state index in [0.717, 1.165) is 58.5 Å². The standard InChI is InChI=1S/C31H32N6O2/c32-18-20-6-7-22-17-29(30(38)36-25-10-8-24(33)9-11-25)37(28(22)14-20)19-23-16-26(39-31-34-12-3-13-35-31)15-21-4-1-2-5-27(21)23/h1-7,12-17,24-25H,8-11,18-19,32-33H2,(H,36,38)/t24-,25-. The van der Waals surface area contributed by atoms with Crippen molar-refractivity contribution in [3.8, 4) is 11.8 Å². The zero-order valence-electron chi connectivity index (χ0n) is 21.7. The number of amides is 1. The van der Waals surface area contributed by atoms with E-state index in [0.29, 0.717) is 24.5 Å². The fourth-order valence-corrected chi connectivity index (χ4v) is 5.47. The molecule has 0 spiro atoms. The first-order chi connectivity index (χ1) is 19.1. The first kappa shape index (κ1) is 25.0. The predicted molar refractivity (Wildman–Crippen MR) is 153 cm³/mol. The Kier molecular flexibility index (Phi) is 6.96. The van der Waals surface area contributed by atoms with Crippen LogP contribution in [-0.4, -0.2) is 32.5 Å². The number of aromatic nitrogens is 3. The summed E-state index contributed by atoms with van der Waals surface area (Å²) in [6.45, 7) is 0.900. The molecule has 1 fully saturated rings. The number of hydrogen-bond donors (Lipinski definition) is 3. The molecular formula is C31H32N6O2. The number of carbonyl (C=O) groups is 1. The number of nitrogens with one attached hydrogen (secondary N) is 1. The Morgan fingerprint density at radius 1 is 0.949 bits per heavy atom. The summed E-state index contributed by atoms with van der Waals surface area (Å²) < 4.78 is 8.11. The van der Waals surface area contributed by atoms with Crippen molar-refractivity contribution < 1.29 is 9.53 Å². The largest absolute Gasteiger partial charge is 0.424 e. The molecule has 5 N–H and O–H groups in total. The topological polar surface area (TPSA) is 121 Å². The molecule has 1 saturated carbocycles. The SMILES string of the molecule is NCc1ccc2cc(C(=O)N[C@H]3CC[C@H](N)CC3)n(Cc3cc(Oc4ncccn4)cc4ccccc34)c2c1. The van der Waals surface area contributed by atoms with Gasteiger partial charge in [0.25, 0.3) is 5.91 Å². The molecule has 2 heterocycles. The van der Waals surface area contributed by atoms with Crippen LogP contribution in [0.25, 0.3) is 21.7 Å². The van der Waals surface area contributed by atoms with Crippen molar-refractivity contribution in [2.24, 2.45) is 11.5 Å². The summed E-state index contributed by atoms with van der Waals surface area (Å²) >= 11 is 0. The van der Waals surface area contributed by atoms with Gasteiger partial charge in [0.15, 0.2) is 0 Å². The molecule has 0 aliphatic heterocycles. The number of nitrogens with zero attached hydrogens (tertiary/aromatic N) is 3. The van der Waals surface area contributed by atoms with Gasteiger partial charge in [-0.1, -0.05) is 36.4 Å². The smallest absolute Gasteiger partial charge is 0.321 e. The minimum atomic E-state index is -0.0737.